The molecule has 3 rings (SSSR count). The Hall–Kier alpha value is -1.50. The summed E-state index contributed by atoms with van der Waals surface area (Å²) in [5.41, 5.74) is 0. The zero-order valence-corrected chi connectivity index (χ0v) is 13.5. The highest BCUT2D eigenvalue weighted by Crippen LogP contribution is 2.30. The van der Waals surface area contributed by atoms with Crippen molar-refractivity contribution >= 4 is 22.3 Å². The number of nitrogens with one attached hydrogen (secondary N) is 2. The number of piperidine rings is 2. The zero-order chi connectivity index (χ0) is 17.5. The molecule has 3 saturated heterocycles. The summed E-state index contributed by atoms with van der Waals surface area (Å²) in [4.78, 5) is 25.8. The number of carbonyl (C=O) groups excluding carboxylic acids is 2. The van der Waals surface area contributed by atoms with Gasteiger partial charge in [-0.05, 0) is 25.8 Å². The summed E-state index contributed by atoms with van der Waals surface area (Å²) in [7, 11) is -4.83. The van der Waals surface area contributed by atoms with Crippen LogP contribution in [-0.4, -0.2) is 78.8 Å². The molecule has 0 radical (unpaired) electrons. The van der Waals surface area contributed by atoms with Crippen molar-refractivity contribution in [3.63, 3.8) is 0 Å². The normalized spacial score (nSPS) is 33.7. The van der Waals surface area contributed by atoms with Crippen molar-refractivity contribution < 1.29 is 31.2 Å². The number of fused-ring (bicyclic) bond motifs is 2. The molecule has 3 heterocycles. The Balaban J connectivity index is 1.66. The van der Waals surface area contributed by atoms with E-state index in [1.54, 1.807) is 0 Å². The fourth-order valence-electron chi connectivity index (χ4n) is 3.37. The van der Waals surface area contributed by atoms with Crippen LogP contribution in [-0.2, 0) is 19.5 Å². The van der Waals surface area contributed by atoms with Crippen molar-refractivity contribution in [1.29, 1.82) is 0 Å². The lowest BCUT2D eigenvalue weighted by Gasteiger charge is -2.33. The molecule has 2 bridgehead atoms. The van der Waals surface area contributed by atoms with Crippen LogP contribution >= 0.6 is 0 Å². The minimum absolute atomic E-state index is 0.109. The molecule has 3 aliphatic heterocycles. The van der Waals surface area contributed by atoms with Crippen molar-refractivity contribution in [1.82, 2.24) is 20.6 Å². The first-order valence-corrected chi connectivity index (χ1v) is 9.05. The van der Waals surface area contributed by atoms with E-state index in [4.69, 9.17) is 4.55 Å². The van der Waals surface area contributed by atoms with Crippen molar-refractivity contribution in [2.24, 2.45) is 0 Å². The molecule has 3 fully saturated rings. The quantitative estimate of drug-likeness (QED) is 0.534. The first kappa shape index (κ1) is 17.3. The molecule has 3 amide bonds. The molecule has 0 saturated carbocycles. The molecule has 12 heteroatoms. The number of hydroxylamine groups is 2. The molecule has 0 spiro atoms. The van der Waals surface area contributed by atoms with Crippen LogP contribution in [0.15, 0.2) is 0 Å². The van der Waals surface area contributed by atoms with Gasteiger partial charge in [-0.3, -0.25) is 9.35 Å². The van der Waals surface area contributed by atoms with Crippen molar-refractivity contribution in [2.75, 3.05) is 19.6 Å². The average Bonchev–Trinajstić information content (AvgIpc) is 2.73. The predicted molar refractivity (Wildman–Crippen MR) is 77.7 cm³/mol. The summed E-state index contributed by atoms with van der Waals surface area (Å²) in [6.07, 6.45) is -0.113. The van der Waals surface area contributed by atoms with Crippen molar-refractivity contribution in [2.45, 2.75) is 43.6 Å². The summed E-state index contributed by atoms with van der Waals surface area (Å²) in [5.74, 6) is -0.468. The van der Waals surface area contributed by atoms with E-state index in [-0.39, 0.29) is 13.1 Å². The van der Waals surface area contributed by atoms with Gasteiger partial charge in [0.05, 0.1) is 12.1 Å². The first-order chi connectivity index (χ1) is 11.3. The smallest absolute Gasteiger partial charge is 0.349 e. The monoisotopic (exact) mass is 366 g/mol. The van der Waals surface area contributed by atoms with Crippen LogP contribution in [0.1, 0.15) is 19.3 Å². The van der Waals surface area contributed by atoms with E-state index in [0.29, 0.717) is 30.9 Å². The number of hydrogen-bond donors (Lipinski definition) is 3. The molecule has 0 aliphatic carbocycles. The van der Waals surface area contributed by atoms with Gasteiger partial charge in [0.15, 0.2) is 0 Å². The first-order valence-electron chi connectivity index (χ1n) is 7.68. The molecule has 0 aromatic rings. The van der Waals surface area contributed by atoms with Crippen LogP contribution in [0.3, 0.4) is 0 Å². The Morgan fingerprint density at radius 3 is 2.79 bits per heavy atom. The lowest BCUT2D eigenvalue weighted by atomic mass is 9.98. The van der Waals surface area contributed by atoms with Crippen LogP contribution in [0.25, 0.3) is 0 Å². The Kier molecular flexibility index (Phi) is 4.64. The minimum atomic E-state index is -4.83. The van der Waals surface area contributed by atoms with Gasteiger partial charge < -0.3 is 15.5 Å². The number of carbonyl (C=O) groups is 2. The van der Waals surface area contributed by atoms with Crippen LogP contribution < -0.4 is 10.6 Å². The molecule has 0 aromatic carbocycles. The van der Waals surface area contributed by atoms with Gasteiger partial charge in [-0.15, -0.1) is 4.28 Å². The second-order valence-electron chi connectivity index (χ2n) is 6.13. The maximum absolute atomic E-state index is 13.8. The second-order valence-corrected chi connectivity index (χ2v) is 7.14. The molecular formula is C12H19FN4O6S. The maximum Gasteiger partial charge on any atom is 0.418 e. The van der Waals surface area contributed by atoms with E-state index in [2.05, 4.69) is 14.9 Å². The lowest BCUT2D eigenvalue weighted by Crippen LogP contribution is -2.56. The van der Waals surface area contributed by atoms with Gasteiger partial charge in [0.25, 0.3) is 0 Å². The van der Waals surface area contributed by atoms with E-state index in [9.17, 15) is 22.4 Å². The zero-order valence-electron chi connectivity index (χ0n) is 12.7. The third kappa shape index (κ3) is 3.45. The third-order valence-corrected chi connectivity index (χ3v) is 4.88. The summed E-state index contributed by atoms with van der Waals surface area (Å²) in [5, 5.41) is 6.09. The summed E-state index contributed by atoms with van der Waals surface area (Å²) in [6, 6.07) is -2.79. The Morgan fingerprint density at radius 1 is 1.38 bits per heavy atom. The lowest BCUT2D eigenvalue weighted by molar-refractivity contribution is -0.127. The van der Waals surface area contributed by atoms with Gasteiger partial charge in [0.1, 0.15) is 12.2 Å². The van der Waals surface area contributed by atoms with Crippen molar-refractivity contribution in [3.05, 3.63) is 0 Å². The SMILES string of the molecule is O=C(N[C@H]1CCNC[C@H]1F)C1CCC2CN1C(=O)N2OS(=O)(=O)O. The largest absolute Gasteiger partial charge is 0.418 e. The fourth-order valence-corrected chi connectivity index (χ4v) is 3.75. The summed E-state index contributed by atoms with van der Waals surface area (Å²) < 4.78 is 48.5. The molecule has 0 aromatic heterocycles. The van der Waals surface area contributed by atoms with Crippen molar-refractivity contribution in [3.8, 4) is 0 Å². The number of alkyl halides is 1. The van der Waals surface area contributed by atoms with E-state index in [1.165, 1.54) is 4.90 Å². The highest BCUT2D eigenvalue weighted by molar-refractivity contribution is 7.80. The minimum Gasteiger partial charge on any atom is -0.349 e. The number of nitrogens with zero attached hydrogens (tertiary/aromatic N) is 2. The van der Waals surface area contributed by atoms with Crippen LogP contribution in [0.5, 0.6) is 0 Å². The molecule has 4 atom stereocenters. The van der Waals surface area contributed by atoms with Crippen LogP contribution in [0.2, 0.25) is 0 Å². The Morgan fingerprint density at radius 2 is 2.12 bits per heavy atom. The van der Waals surface area contributed by atoms with Gasteiger partial charge in [-0.25, -0.2) is 9.18 Å². The number of amides is 3. The Labute approximate surface area is 138 Å². The molecular weight excluding hydrogens is 347 g/mol. The highest BCUT2D eigenvalue weighted by Gasteiger charge is 2.49. The Bertz CT molecular complexity index is 631. The molecule has 10 nitrogen and oxygen atoms in total. The van der Waals surface area contributed by atoms with E-state index < -0.39 is 46.6 Å². The molecule has 2 unspecified atom stereocenters. The summed E-state index contributed by atoms with van der Waals surface area (Å²) >= 11 is 0. The summed E-state index contributed by atoms with van der Waals surface area (Å²) in [6.45, 7) is 0.866. The van der Waals surface area contributed by atoms with E-state index >= 15 is 0 Å². The number of halogens is 1. The van der Waals surface area contributed by atoms with Gasteiger partial charge in [0, 0.05) is 13.1 Å². The topological polar surface area (TPSA) is 128 Å². The molecule has 24 heavy (non-hydrogen) atoms. The average molecular weight is 366 g/mol. The highest BCUT2D eigenvalue weighted by atomic mass is 32.3. The molecule has 136 valence electrons. The van der Waals surface area contributed by atoms with E-state index in [1.807, 2.05) is 0 Å². The number of rotatable bonds is 4. The standard InChI is InChI=1S/C12H19FN4O6S/c13-8-5-14-4-3-9(8)15-11(18)10-2-1-7-6-16(10)12(19)17(7)23-24(20,21)22/h7-10,14H,1-6H2,(H,15,18)(H,20,21,22)/t7?,8-,9+,10?/m1/s1. The van der Waals surface area contributed by atoms with Gasteiger partial charge in [0.2, 0.25) is 5.91 Å². The fraction of sp³-hybridized carbons (Fsp3) is 0.833. The van der Waals surface area contributed by atoms with Gasteiger partial charge in [-0.1, -0.05) is 0 Å². The number of urea groups is 1. The molecule has 3 aliphatic rings. The molecule has 3 N–H and O–H groups in total. The van der Waals surface area contributed by atoms with Gasteiger partial charge in [-0.2, -0.15) is 13.5 Å². The van der Waals surface area contributed by atoms with Gasteiger partial charge >= 0.3 is 16.4 Å². The van der Waals surface area contributed by atoms with Crippen LogP contribution in [0.4, 0.5) is 9.18 Å². The second kappa shape index (κ2) is 6.43. The maximum atomic E-state index is 13.8. The van der Waals surface area contributed by atoms with E-state index in [0.717, 1.165) is 0 Å². The number of hydrogen-bond acceptors (Lipinski definition) is 6. The van der Waals surface area contributed by atoms with Crippen LogP contribution in [0, 0.1) is 0 Å². The third-order valence-electron chi connectivity index (χ3n) is 4.54. The predicted octanol–water partition coefficient (Wildman–Crippen LogP) is -1.19.